The summed E-state index contributed by atoms with van der Waals surface area (Å²) in [6, 6.07) is 5.70. The molecular formula is C14H19N3O. The van der Waals surface area contributed by atoms with Crippen molar-refractivity contribution in [2.75, 3.05) is 24.1 Å². The van der Waals surface area contributed by atoms with E-state index < -0.39 is 0 Å². The van der Waals surface area contributed by atoms with Gasteiger partial charge >= 0.3 is 0 Å². The summed E-state index contributed by atoms with van der Waals surface area (Å²) in [4.78, 5) is 14.5. The molecule has 0 bridgehead atoms. The molecule has 0 spiro atoms. The van der Waals surface area contributed by atoms with Crippen LogP contribution < -0.4 is 11.1 Å². The Balaban J connectivity index is 1.83. The molecule has 0 radical (unpaired) electrons. The molecule has 1 unspecified atom stereocenters. The number of piperidine rings is 1. The van der Waals surface area contributed by atoms with Crippen molar-refractivity contribution in [2.24, 2.45) is 0 Å². The number of hydrogen-bond acceptors (Lipinski definition) is 3. The monoisotopic (exact) mass is 245 g/mol. The van der Waals surface area contributed by atoms with Crippen LogP contribution in [-0.2, 0) is 11.2 Å². The average molecular weight is 245 g/mol. The number of fused-ring (bicyclic) bond motifs is 1. The van der Waals surface area contributed by atoms with Crippen LogP contribution >= 0.6 is 0 Å². The molecule has 2 heterocycles. The Bertz CT molecular complexity index is 466. The fourth-order valence-electron chi connectivity index (χ4n) is 2.95. The second-order valence-corrected chi connectivity index (χ2v) is 5.22. The lowest BCUT2D eigenvalue weighted by Crippen LogP contribution is -2.49. The predicted octanol–water partition coefficient (Wildman–Crippen LogP) is 1.62. The van der Waals surface area contributed by atoms with Gasteiger partial charge in [-0.15, -0.1) is 0 Å². The molecule has 4 heteroatoms. The third-order valence-corrected chi connectivity index (χ3v) is 3.93. The first kappa shape index (κ1) is 11.5. The molecule has 2 aliphatic heterocycles. The van der Waals surface area contributed by atoms with E-state index in [1.807, 2.05) is 18.2 Å². The average Bonchev–Trinajstić information content (AvgIpc) is 2.39. The number of nitrogens with zero attached hydrogens (tertiary/aromatic N) is 1. The molecule has 1 aromatic carbocycles. The number of likely N-dealkylation sites (tertiary alicyclic amines) is 1. The summed E-state index contributed by atoms with van der Waals surface area (Å²) in [7, 11) is 0. The van der Waals surface area contributed by atoms with Crippen molar-refractivity contribution >= 4 is 17.3 Å². The molecule has 3 rings (SSSR count). The van der Waals surface area contributed by atoms with Crippen LogP contribution in [0.4, 0.5) is 11.4 Å². The van der Waals surface area contributed by atoms with Crippen molar-refractivity contribution in [1.29, 1.82) is 0 Å². The molecule has 0 saturated carbocycles. The first-order chi connectivity index (χ1) is 8.74. The van der Waals surface area contributed by atoms with Gasteiger partial charge in [-0.05, 0) is 56.1 Å². The summed E-state index contributed by atoms with van der Waals surface area (Å²) in [6.07, 6.45) is 4.47. The third-order valence-electron chi connectivity index (χ3n) is 3.93. The summed E-state index contributed by atoms with van der Waals surface area (Å²) in [5.41, 5.74) is 8.66. The number of carbonyl (C=O) groups is 1. The maximum atomic E-state index is 12.2. The largest absolute Gasteiger partial charge is 0.399 e. The zero-order chi connectivity index (χ0) is 12.5. The first-order valence-electron chi connectivity index (χ1n) is 6.67. The molecule has 1 fully saturated rings. The molecular weight excluding hydrogens is 226 g/mol. The van der Waals surface area contributed by atoms with Gasteiger partial charge in [0.1, 0.15) is 0 Å². The van der Waals surface area contributed by atoms with Gasteiger partial charge in [-0.3, -0.25) is 9.69 Å². The standard InChI is InChI=1S/C14H19N3O/c15-11-4-5-12-10(8-11)9-13(14(18)16-12)17-6-2-1-3-7-17/h4-5,8,13H,1-3,6-7,9,15H2,(H,16,18). The van der Waals surface area contributed by atoms with E-state index in [-0.39, 0.29) is 11.9 Å². The smallest absolute Gasteiger partial charge is 0.242 e. The van der Waals surface area contributed by atoms with Gasteiger partial charge < -0.3 is 11.1 Å². The zero-order valence-corrected chi connectivity index (χ0v) is 10.5. The fourth-order valence-corrected chi connectivity index (χ4v) is 2.95. The maximum Gasteiger partial charge on any atom is 0.242 e. The van der Waals surface area contributed by atoms with Gasteiger partial charge in [0.2, 0.25) is 5.91 Å². The molecule has 1 aromatic rings. The lowest BCUT2D eigenvalue weighted by molar-refractivity contribution is -0.122. The van der Waals surface area contributed by atoms with Crippen LogP contribution in [0, 0.1) is 0 Å². The Morgan fingerprint density at radius 1 is 1.22 bits per heavy atom. The number of amides is 1. The minimum Gasteiger partial charge on any atom is -0.399 e. The highest BCUT2D eigenvalue weighted by Gasteiger charge is 2.31. The van der Waals surface area contributed by atoms with E-state index in [9.17, 15) is 4.79 Å². The quantitative estimate of drug-likeness (QED) is 0.739. The van der Waals surface area contributed by atoms with E-state index in [1.54, 1.807) is 0 Å². The van der Waals surface area contributed by atoms with E-state index in [2.05, 4.69) is 10.2 Å². The van der Waals surface area contributed by atoms with Crippen LogP contribution in [0.25, 0.3) is 0 Å². The van der Waals surface area contributed by atoms with Gasteiger partial charge in [-0.2, -0.15) is 0 Å². The van der Waals surface area contributed by atoms with Crippen LogP contribution in [0.2, 0.25) is 0 Å². The lowest BCUT2D eigenvalue weighted by Gasteiger charge is -2.36. The van der Waals surface area contributed by atoms with Gasteiger partial charge in [0, 0.05) is 11.4 Å². The molecule has 1 amide bonds. The summed E-state index contributed by atoms with van der Waals surface area (Å²) in [5.74, 6) is 0.133. The van der Waals surface area contributed by atoms with Crippen LogP contribution in [0.15, 0.2) is 18.2 Å². The highest BCUT2D eigenvalue weighted by Crippen LogP contribution is 2.27. The van der Waals surface area contributed by atoms with Crippen molar-refractivity contribution in [1.82, 2.24) is 4.90 Å². The van der Waals surface area contributed by atoms with E-state index in [4.69, 9.17) is 5.73 Å². The summed E-state index contributed by atoms with van der Waals surface area (Å²) in [5, 5.41) is 3.00. The number of anilines is 2. The Morgan fingerprint density at radius 2 is 2.00 bits per heavy atom. The summed E-state index contributed by atoms with van der Waals surface area (Å²) < 4.78 is 0. The minimum absolute atomic E-state index is 0.0143. The molecule has 1 saturated heterocycles. The number of carbonyl (C=O) groups excluding carboxylic acids is 1. The molecule has 96 valence electrons. The second kappa shape index (κ2) is 4.61. The fraction of sp³-hybridized carbons (Fsp3) is 0.500. The number of nitrogens with two attached hydrogens (primary N) is 1. The lowest BCUT2D eigenvalue weighted by atomic mass is 9.95. The van der Waals surface area contributed by atoms with Crippen molar-refractivity contribution in [2.45, 2.75) is 31.7 Å². The summed E-state index contributed by atoms with van der Waals surface area (Å²) in [6.45, 7) is 2.07. The van der Waals surface area contributed by atoms with Crippen molar-refractivity contribution in [3.8, 4) is 0 Å². The number of hydrogen-bond donors (Lipinski definition) is 2. The highest BCUT2D eigenvalue weighted by atomic mass is 16.2. The van der Waals surface area contributed by atoms with Crippen molar-refractivity contribution in [3.05, 3.63) is 23.8 Å². The normalized spacial score (nSPS) is 24.4. The number of benzene rings is 1. The Hall–Kier alpha value is -1.55. The number of rotatable bonds is 1. The molecule has 3 N–H and O–H groups in total. The van der Waals surface area contributed by atoms with Gasteiger partial charge in [-0.25, -0.2) is 0 Å². The number of nitrogen functional groups attached to an aromatic ring is 1. The Kier molecular flexibility index (Phi) is 2.96. The molecule has 18 heavy (non-hydrogen) atoms. The molecule has 1 atom stereocenters. The predicted molar refractivity (Wildman–Crippen MR) is 72.4 cm³/mol. The van der Waals surface area contributed by atoms with Crippen LogP contribution in [0.5, 0.6) is 0 Å². The maximum absolute atomic E-state index is 12.2. The van der Waals surface area contributed by atoms with Crippen molar-refractivity contribution in [3.63, 3.8) is 0 Å². The van der Waals surface area contributed by atoms with Gasteiger partial charge in [-0.1, -0.05) is 6.42 Å². The van der Waals surface area contributed by atoms with E-state index in [0.29, 0.717) is 0 Å². The second-order valence-electron chi connectivity index (χ2n) is 5.22. The third kappa shape index (κ3) is 2.08. The molecule has 2 aliphatic rings. The van der Waals surface area contributed by atoms with Crippen LogP contribution in [0.3, 0.4) is 0 Å². The minimum atomic E-state index is -0.0143. The van der Waals surface area contributed by atoms with Crippen LogP contribution in [0.1, 0.15) is 24.8 Å². The Morgan fingerprint density at radius 3 is 2.78 bits per heavy atom. The van der Waals surface area contributed by atoms with Gasteiger partial charge in [0.15, 0.2) is 0 Å². The van der Waals surface area contributed by atoms with Gasteiger partial charge in [0.25, 0.3) is 0 Å². The Labute approximate surface area is 107 Å². The zero-order valence-electron chi connectivity index (χ0n) is 10.5. The van der Waals surface area contributed by atoms with E-state index in [1.165, 1.54) is 19.3 Å². The van der Waals surface area contributed by atoms with Crippen molar-refractivity contribution < 1.29 is 4.79 Å². The topological polar surface area (TPSA) is 58.4 Å². The van der Waals surface area contributed by atoms with Crippen LogP contribution in [-0.4, -0.2) is 29.9 Å². The molecule has 4 nitrogen and oxygen atoms in total. The molecule has 0 aromatic heterocycles. The molecule has 0 aliphatic carbocycles. The number of nitrogens with one attached hydrogen (secondary N) is 1. The SMILES string of the molecule is Nc1ccc2c(c1)CC(N1CCCCC1)C(=O)N2. The van der Waals surface area contributed by atoms with E-state index in [0.717, 1.165) is 36.4 Å². The van der Waals surface area contributed by atoms with E-state index >= 15 is 0 Å². The first-order valence-corrected chi connectivity index (χ1v) is 6.67. The highest BCUT2D eigenvalue weighted by molar-refractivity contribution is 5.98. The van der Waals surface area contributed by atoms with Gasteiger partial charge in [0.05, 0.1) is 6.04 Å². The summed E-state index contributed by atoms with van der Waals surface area (Å²) >= 11 is 0.